The summed E-state index contributed by atoms with van der Waals surface area (Å²) >= 11 is 0. The molecule has 1 aromatic carbocycles. The van der Waals surface area contributed by atoms with Crippen molar-refractivity contribution in [3.05, 3.63) is 59.9 Å². The Bertz CT molecular complexity index is 949. The number of pyridine rings is 1. The number of aromatic amines is 1. The number of rotatable bonds is 6. The summed E-state index contributed by atoms with van der Waals surface area (Å²) in [6, 6.07) is 11.3. The highest BCUT2D eigenvalue weighted by Crippen LogP contribution is 2.20. The molecule has 0 aliphatic carbocycles. The topological polar surface area (TPSA) is 96.3 Å². The molecule has 146 valence electrons. The smallest absolute Gasteiger partial charge is 0.237 e. The zero-order valence-corrected chi connectivity index (χ0v) is 15.7. The van der Waals surface area contributed by atoms with Crippen molar-refractivity contribution in [2.45, 2.75) is 19.0 Å². The minimum Gasteiger partial charge on any atom is -0.378 e. The molecule has 2 aromatic heterocycles. The fourth-order valence-electron chi connectivity index (χ4n) is 3.57. The van der Waals surface area contributed by atoms with Crippen LogP contribution in [0.15, 0.2) is 48.8 Å². The van der Waals surface area contributed by atoms with Gasteiger partial charge in [-0.3, -0.25) is 4.79 Å². The second kappa shape index (κ2) is 8.41. The fourth-order valence-corrected chi connectivity index (χ4v) is 3.57. The van der Waals surface area contributed by atoms with E-state index in [0.717, 1.165) is 40.9 Å². The lowest BCUT2D eigenvalue weighted by Crippen LogP contribution is -2.42. The molecule has 1 amide bonds. The van der Waals surface area contributed by atoms with E-state index in [1.54, 1.807) is 6.20 Å². The number of hydrogen-bond acceptors (Lipinski definition) is 5. The maximum Gasteiger partial charge on any atom is 0.237 e. The fraction of sp³-hybridized carbons (Fsp3) is 0.333. The number of ether oxygens (including phenoxy) is 1. The van der Waals surface area contributed by atoms with E-state index in [9.17, 15) is 4.79 Å². The van der Waals surface area contributed by atoms with Crippen molar-refractivity contribution in [2.75, 3.05) is 31.2 Å². The summed E-state index contributed by atoms with van der Waals surface area (Å²) in [5, 5.41) is 4.07. The lowest BCUT2D eigenvalue weighted by Gasteiger charge is -2.29. The number of nitrogens with one attached hydrogen (secondary N) is 2. The molecule has 3 aromatic rings. The van der Waals surface area contributed by atoms with Crippen LogP contribution in [-0.4, -0.2) is 48.2 Å². The molecule has 0 unspecified atom stereocenters. The van der Waals surface area contributed by atoms with Gasteiger partial charge in [0.25, 0.3) is 0 Å². The molecule has 0 bridgehead atoms. The summed E-state index contributed by atoms with van der Waals surface area (Å²) in [7, 11) is 0. The van der Waals surface area contributed by atoms with Crippen LogP contribution in [0.2, 0.25) is 0 Å². The van der Waals surface area contributed by atoms with E-state index < -0.39 is 6.04 Å². The van der Waals surface area contributed by atoms with Crippen molar-refractivity contribution in [1.82, 2.24) is 15.3 Å². The zero-order chi connectivity index (χ0) is 19.3. The molecular weight excluding hydrogens is 354 g/mol. The maximum atomic E-state index is 12.6. The Morgan fingerprint density at radius 3 is 2.89 bits per heavy atom. The Kier molecular flexibility index (Phi) is 5.55. The van der Waals surface area contributed by atoms with E-state index in [2.05, 4.69) is 20.2 Å². The van der Waals surface area contributed by atoms with E-state index >= 15 is 0 Å². The molecule has 1 atom stereocenters. The normalized spacial score (nSPS) is 15.5. The van der Waals surface area contributed by atoms with Gasteiger partial charge < -0.3 is 25.7 Å². The molecule has 1 saturated heterocycles. The summed E-state index contributed by atoms with van der Waals surface area (Å²) in [5.41, 5.74) is 9.26. The van der Waals surface area contributed by atoms with Crippen LogP contribution in [0.25, 0.3) is 10.9 Å². The largest absolute Gasteiger partial charge is 0.378 e. The van der Waals surface area contributed by atoms with Gasteiger partial charge in [-0.1, -0.05) is 24.3 Å². The van der Waals surface area contributed by atoms with Gasteiger partial charge >= 0.3 is 0 Å². The van der Waals surface area contributed by atoms with E-state index in [4.69, 9.17) is 10.5 Å². The second-order valence-corrected chi connectivity index (χ2v) is 6.97. The Balaban J connectivity index is 1.39. The average Bonchev–Trinajstić information content (AvgIpc) is 3.15. The van der Waals surface area contributed by atoms with Crippen molar-refractivity contribution in [3.63, 3.8) is 0 Å². The third-order valence-electron chi connectivity index (χ3n) is 5.08. The van der Waals surface area contributed by atoms with Gasteiger partial charge in [-0.05, 0) is 24.1 Å². The molecule has 0 saturated carbocycles. The Hall–Kier alpha value is -2.90. The number of carbonyl (C=O) groups excluding carboxylic acids is 1. The number of hydrogen-bond donors (Lipinski definition) is 3. The number of morpholine rings is 1. The van der Waals surface area contributed by atoms with Gasteiger partial charge in [0.15, 0.2) is 0 Å². The second-order valence-electron chi connectivity index (χ2n) is 6.97. The molecule has 1 fully saturated rings. The maximum absolute atomic E-state index is 12.6. The molecule has 28 heavy (non-hydrogen) atoms. The summed E-state index contributed by atoms with van der Waals surface area (Å²) in [4.78, 5) is 22.5. The predicted octanol–water partition coefficient (Wildman–Crippen LogP) is 1.59. The van der Waals surface area contributed by atoms with Crippen molar-refractivity contribution in [2.24, 2.45) is 5.73 Å². The summed E-state index contributed by atoms with van der Waals surface area (Å²) in [6.45, 7) is 3.40. The van der Waals surface area contributed by atoms with Gasteiger partial charge in [0, 0.05) is 48.5 Å². The summed E-state index contributed by atoms with van der Waals surface area (Å²) in [5.74, 6) is 0.735. The standard InChI is InChI=1S/C21H25N5O2/c22-18(12-16-14-24-19-6-2-1-5-17(16)19)21(27)25-13-15-4-3-7-23-20(15)26-8-10-28-11-9-26/h1-7,14,18,24H,8-13,22H2,(H,25,27)/t18-/m1/s1. The van der Waals surface area contributed by atoms with Crippen LogP contribution < -0.4 is 16.0 Å². The highest BCUT2D eigenvalue weighted by Gasteiger charge is 2.19. The Labute approximate surface area is 163 Å². The minimum absolute atomic E-state index is 0.165. The first kappa shape index (κ1) is 18.5. The van der Waals surface area contributed by atoms with Gasteiger partial charge in [0.05, 0.1) is 19.3 Å². The Morgan fingerprint density at radius 1 is 1.21 bits per heavy atom. The van der Waals surface area contributed by atoms with Crippen LogP contribution in [-0.2, 0) is 22.5 Å². The van der Waals surface area contributed by atoms with E-state index in [1.807, 2.05) is 42.6 Å². The number of benzene rings is 1. The van der Waals surface area contributed by atoms with Crippen molar-refractivity contribution < 1.29 is 9.53 Å². The number of carbonyl (C=O) groups is 1. The summed E-state index contributed by atoms with van der Waals surface area (Å²) < 4.78 is 5.41. The third kappa shape index (κ3) is 4.00. The SMILES string of the molecule is N[C@H](Cc1c[nH]c2ccccc12)C(=O)NCc1cccnc1N1CCOCC1. The van der Waals surface area contributed by atoms with E-state index in [-0.39, 0.29) is 5.91 Å². The molecule has 4 rings (SSSR count). The monoisotopic (exact) mass is 379 g/mol. The van der Waals surface area contributed by atoms with Gasteiger partial charge in [0.2, 0.25) is 5.91 Å². The van der Waals surface area contributed by atoms with E-state index in [0.29, 0.717) is 26.2 Å². The number of H-pyrrole nitrogens is 1. The van der Waals surface area contributed by atoms with Gasteiger partial charge in [0.1, 0.15) is 5.82 Å². The van der Waals surface area contributed by atoms with Crippen molar-refractivity contribution >= 4 is 22.6 Å². The number of para-hydroxylation sites is 1. The van der Waals surface area contributed by atoms with Crippen LogP contribution >= 0.6 is 0 Å². The Morgan fingerprint density at radius 2 is 2.04 bits per heavy atom. The number of anilines is 1. The van der Waals surface area contributed by atoms with Crippen LogP contribution in [0.3, 0.4) is 0 Å². The number of fused-ring (bicyclic) bond motifs is 1. The quantitative estimate of drug-likeness (QED) is 0.604. The zero-order valence-electron chi connectivity index (χ0n) is 15.7. The number of aromatic nitrogens is 2. The van der Waals surface area contributed by atoms with Crippen LogP contribution in [0, 0.1) is 0 Å². The predicted molar refractivity (Wildman–Crippen MR) is 109 cm³/mol. The molecule has 0 radical (unpaired) electrons. The first-order valence-electron chi connectivity index (χ1n) is 9.57. The molecule has 1 aliphatic heterocycles. The van der Waals surface area contributed by atoms with Crippen LogP contribution in [0.1, 0.15) is 11.1 Å². The number of amides is 1. The first-order valence-corrected chi connectivity index (χ1v) is 9.57. The molecule has 0 spiro atoms. The summed E-state index contributed by atoms with van der Waals surface area (Å²) in [6.07, 6.45) is 4.19. The lowest BCUT2D eigenvalue weighted by molar-refractivity contribution is -0.122. The molecule has 7 nitrogen and oxygen atoms in total. The van der Waals surface area contributed by atoms with Crippen molar-refractivity contribution in [3.8, 4) is 0 Å². The molecular formula is C21H25N5O2. The van der Waals surface area contributed by atoms with E-state index in [1.165, 1.54) is 0 Å². The van der Waals surface area contributed by atoms with Crippen LogP contribution in [0.4, 0.5) is 5.82 Å². The van der Waals surface area contributed by atoms with Crippen molar-refractivity contribution in [1.29, 1.82) is 0 Å². The molecule has 3 heterocycles. The molecule has 7 heteroatoms. The van der Waals surface area contributed by atoms with Gasteiger partial charge in [-0.15, -0.1) is 0 Å². The van der Waals surface area contributed by atoms with Gasteiger partial charge in [-0.2, -0.15) is 0 Å². The third-order valence-corrected chi connectivity index (χ3v) is 5.08. The molecule has 1 aliphatic rings. The first-order chi connectivity index (χ1) is 13.7. The number of nitrogens with zero attached hydrogens (tertiary/aromatic N) is 2. The lowest BCUT2D eigenvalue weighted by atomic mass is 10.0. The molecule has 4 N–H and O–H groups in total. The highest BCUT2D eigenvalue weighted by molar-refractivity contribution is 5.86. The number of nitrogens with two attached hydrogens (primary N) is 1. The minimum atomic E-state index is -0.609. The van der Waals surface area contributed by atoms with Crippen LogP contribution in [0.5, 0.6) is 0 Å². The average molecular weight is 379 g/mol. The highest BCUT2D eigenvalue weighted by atomic mass is 16.5. The van der Waals surface area contributed by atoms with Gasteiger partial charge in [-0.25, -0.2) is 4.98 Å².